The molecule has 0 fully saturated rings. The van der Waals surface area contributed by atoms with Gasteiger partial charge in [0.15, 0.2) is 0 Å². The number of rotatable bonds is 7. The molecular formula is C19H20N2O4. The SMILES string of the molecule is CCC(=O)Nc1cccc(C(=O)N[C@@H](Cc2ccccc2)C(=O)O)c1. The molecule has 0 aromatic heterocycles. The third-order valence-corrected chi connectivity index (χ3v) is 3.62. The Morgan fingerprint density at radius 3 is 2.40 bits per heavy atom. The van der Waals surface area contributed by atoms with Gasteiger partial charge in [-0.2, -0.15) is 0 Å². The quantitative estimate of drug-likeness (QED) is 0.721. The van der Waals surface area contributed by atoms with Gasteiger partial charge in [0, 0.05) is 24.1 Å². The molecule has 2 amide bonds. The molecule has 2 aromatic carbocycles. The van der Waals surface area contributed by atoms with Gasteiger partial charge in [0.05, 0.1) is 0 Å². The largest absolute Gasteiger partial charge is 0.480 e. The van der Waals surface area contributed by atoms with E-state index in [1.807, 2.05) is 30.3 Å². The van der Waals surface area contributed by atoms with Crippen molar-refractivity contribution in [2.45, 2.75) is 25.8 Å². The van der Waals surface area contributed by atoms with Gasteiger partial charge in [0.1, 0.15) is 6.04 Å². The van der Waals surface area contributed by atoms with Gasteiger partial charge in [0.25, 0.3) is 5.91 Å². The van der Waals surface area contributed by atoms with Crippen LogP contribution in [0.4, 0.5) is 5.69 Å². The van der Waals surface area contributed by atoms with Gasteiger partial charge < -0.3 is 15.7 Å². The minimum Gasteiger partial charge on any atom is -0.480 e. The fraction of sp³-hybridized carbons (Fsp3) is 0.211. The van der Waals surface area contributed by atoms with E-state index in [-0.39, 0.29) is 17.9 Å². The lowest BCUT2D eigenvalue weighted by molar-refractivity contribution is -0.139. The molecule has 0 unspecified atom stereocenters. The van der Waals surface area contributed by atoms with Crippen LogP contribution in [0.25, 0.3) is 0 Å². The van der Waals surface area contributed by atoms with E-state index in [0.29, 0.717) is 12.1 Å². The number of nitrogens with one attached hydrogen (secondary N) is 2. The van der Waals surface area contributed by atoms with E-state index in [9.17, 15) is 19.5 Å². The number of carbonyl (C=O) groups is 3. The predicted molar refractivity (Wildman–Crippen MR) is 94.4 cm³/mol. The number of carboxylic acid groups (broad SMARTS) is 1. The Hall–Kier alpha value is -3.15. The Kier molecular flexibility index (Phi) is 6.28. The summed E-state index contributed by atoms with van der Waals surface area (Å²) in [6.45, 7) is 1.73. The van der Waals surface area contributed by atoms with Crippen LogP contribution >= 0.6 is 0 Å². The molecule has 0 bridgehead atoms. The van der Waals surface area contributed by atoms with Crippen LogP contribution in [0.1, 0.15) is 29.3 Å². The second kappa shape index (κ2) is 8.63. The lowest BCUT2D eigenvalue weighted by atomic mass is 10.1. The molecule has 130 valence electrons. The molecule has 2 rings (SSSR count). The van der Waals surface area contributed by atoms with Crippen LogP contribution in [-0.4, -0.2) is 28.9 Å². The zero-order chi connectivity index (χ0) is 18.2. The smallest absolute Gasteiger partial charge is 0.326 e. The van der Waals surface area contributed by atoms with Gasteiger partial charge in [-0.1, -0.05) is 43.3 Å². The van der Waals surface area contributed by atoms with Crippen LogP contribution in [0.3, 0.4) is 0 Å². The average molecular weight is 340 g/mol. The molecule has 0 saturated heterocycles. The van der Waals surface area contributed by atoms with Gasteiger partial charge in [0.2, 0.25) is 5.91 Å². The average Bonchev–Trinajstić information content (AvgIpc) is 2.62. The van der Waals surface area contributed by atoms with Crippen molar-refractivity contribution >= 4 is 23.5 Å². The number of aliphatic carboxylic acids is 1. The minimum atomic E-state index is -1.10. The van der Waals surface area contributed by atoms with E-state index in [1.54, 1.807) is 25.1 Å². The van der Waals surface area contributed by atoms with Crippen LogP contribution in [0.15, 0.2) is 54.6 Å². The van der Waals surface area contributed by atoms with Crippen LogP contribution in [-0.2, 0) is 16.0 Å². The lowest BCUT2D eigenvalue weighted by Gasteiger charge is -2.15. The molecule has 6 nitrogen and oxygen atoms in total. The summed E-state index contributed by atoms with van der Waals surface area (Å²) in [5, 5.41) is 14.6. The zero-order valence-corrected chi connectivity index (χ0v) is 13.9. The molecule has 6 heteroatoms. The Labute approximate surface area is 145 Å². The van der Waals surface area contributed by atoms with Crippen molar-refractivity contribution in [2.24, 2.45) is 0 Å². The summed E-state index contributed by atoms with van der Waals surface area (Å²) < 4.78 is 0. The molecule has 0 spiro atoms. The molecule has 0 heterocycles. The molecule has 0 aliphatic carbocycles. The van der Waals surface area contributed by atoms with Crippen molar-refractivity contribution in [3.63, 3.8) is 0 Å². The summed E-state index contributed by atoms with van der Waals surface area (Å²) in [6.07, 6.45) is 0.517. The molecule has 0 radical (unpaired) electrons. The molecule has 25 heavy (non-hydrogen) atoms. The molecule has 1 atom stereocenters. The molecule has 2 aromatic rings. The Morgan fingerprint density at radius 1 is 1.04 bits per heavy atom. The summed E-state index contributed by atoms with van der Waals surface area (Å²) in [6, 6.07) is 14.4. The first-order valence-corrected chi connectivity index (χ1v) is 7.97. The summed E-state index contributed by atoms with van der Waals surface area (Å²) in [4.78, 5) is 35.3. The highest BCUT2D eigenvalue weighted by Crippen LogP contribution is 2.12. The van der Waals surface area contributed by atoms with Gasteiger partial charge in [-0.05, 0) is 23.8 Å². The summed E-state index contributed by atoms with van der Waals surface area (Å²) in [5.74, 6) is -1.77. The number of hydrogen-bond acceptors (Lipinski definition) is 3. The third-order valence-electron chi connectivity index (χ3n) is 3.62. The normalized spacial score (nSPS) is 11.4. The lowest BCUT2D eigenvalue weighted by Crippen LogP contribution is -2.42. The number of amides is 2. The van der Waals surface area contributed by atoms with Crippen LogP contribution in [0, 0.1) is 0 Å². The van der Waals surface area contributed by atoms with Crippen LogP contribution < -0.4 is 10.6 Å². The van der Waals surface area contributed by atoms with E-state index in [2.05, 4.69) is 10.6 Å². The van der Waals surface area contributed by atoms with E-state index in [0.717, 1.165) is 5.56 Å². The Balaban J connectivity index is 2.09. The first-order valence-electron chi connectivity index (χ1n) is 7.97. The van der Waals surface area contributed by atoms with Crippen molar-refractivity contribution in [3.8, 4) is 0 Å². The Morgan fingerprint density at radius 2 is 1.76 bits per heavy atom. The summed E-state index contributed by atoms with van der Waals surface area (Å²) in [5.41, 5.74) is 1.60. The van der Waals surface area contributed by atoms with Gasteiger partial charge >= 0.3 is 5.97 Å². The minimum absolute atomic E-state index is 0.162. The molecule has 3 N–H and O–H groups in total. The number of carbonyl (C=O) groups excluding carboxylic acids is 2. The van der Waals surface area contributed by atoms with E-state index >= 15 is 0 Å². The maximum atomic E-state index is 12.4. The number of benzene rings is 2. The first kappa shape index (κ1) is 18.2. The van der Waals surface area contributed by atoms with E-state index < -0.39 is 17.9 Å². The standard InChI is InChI=1S/C19H20N2O4/c1-2-17(22)20-15-10-6-9-14(12-15)18(23)21-16(19(24)25)11-13-7-4-3-5-8-13/h3-10,12,16H,2,11H2,1H3,(H,20,22)(H,21,23)(H,24,25)/t16-/m0/s1. The fourth-order valence-electron chi connectivity index (χ4n) is 2.28. The highest BCUT2D eigenvalue weighted by atomic mass is 16.4. The maximum Gasteiger partial charge on any atom is 0.326 e. The fourth-order valence-corrected chi connectivity index (χ4v) is 2.28. The zero-order valence-electron chi connectivity index (χ0n) is 13.9. The van der Waals surface area contributed by atoms with Gasteiger partial charge in [-0.15, -0.1) is 0 Å². The summed E-state index contributed by atoms with van der Waals surface area (Å²) in [7, 11) is 0. The number of hydrogen-bond donors (Lipinski definition) is 3. The number of carboxylic acids is 1. The van der Waals surface area contributed by atoms with E-state index in [1.165, 1.54) is 6.07 Å². The molecule has 0 aliphatic heterocycles. The van der Waals surface area contributed by atoms with Crippen molar-refractivity contribution in [1.82, 2.24) is 5.32 Å². The van der Waals surface area contributed by atoms with Crippen LogP contribution in [0.5, 0.6) is 0 Å². The van der Waals surface area contributed by atoms with Gasteiger partial charge in [-0.25, -0.2) is 4.79 Å². The number of anilines is 1. The summed E-state index contributed by atoms with van der Waals surface area (Å²) >= 11 is 0. The second-order valence-corrected chi connectivity index (χ2v) is 5.54. The Bertz CT molecular complexity index is 759. The second-order valence-electron chi connectivity index (χ2n) is 5.54. The van der Waals surface area contributed by atoms with Crippen molar-refractivity contribution in [2.75, 3.05) is 5.32 Å². The first-order chi connectivity index (χ1) is 12.0. The monoisotopic (exact) mass is 340 g/mol. The van der Waals surface area contributed by atoms with Crippen LogP contribution in [0.2, 0.25) is 0 Å². The van der Waals surface area contributed by atoms with Gasteiger partial charge in [-0.3, -0.25) is 9.59 Å². The topological polar surface area (TPSA) is 95.5 Å². The maximum absolute atomic E-state index is 12.4. The highest BCUT2D eigenvalue weighted by molar-refractivity contribution is 5.98. The van der Waals surface area contributed by atoms with Crippen molar-refractivity contribution in [3.05, 3.63) is 65.7 Å². The van der Waals surface area contributed by atoms with Crippen molar-refractivity contribution in [1.29, 1.82) is 0 Å². The van der Waals surface area contributed by atoms with E-state index in [4.69, 9.17) is 0 Å². The molecule has 0 aliphatic rings. The molecular weight excluding hydrogens is 320 g/mol. The predicted octanol–water partition coefficient (Wildman–Crippen LogP) is 2.46. The van der Waals surface area contributed by atoms with Crippen molar-refractivity contribution < 1.29 is 19.5 Å². The highest BCUT2D eigenvalue weighted by Gasteiger charge is 2.21. The third kappa shape index (κ3) is 5.46. The molecule has 0 saturated carbocycles.